The molecule has 23 nitrogen and oxygen atoms in total. The molecule has 490 valence electrons. The van der Waals surface area contributed by atoms with Gasteiger partial charge >= 0.3 is 15.6 Å². The number of hydrogen-bond donors (Lipinski definition) is 1. The number of ether oxygens (including phenoxy) is 5. The molecule has 0 spiro atoms. The summed E-state index contributed by atoms with van der Waals surface area (Å²) in [6.07, 6.45) is 19.8. The van der Waals surface area contributed by atoms with Crippen LogP contribution < -0.4 is 33.4 Å². The van der Waals surface area contributed by atoms with Gasteiger partial charge in [-0.25, -0.2) is 29.9 Å². The number of pyridine rings is 7. The van der Waals surface area contributed by atoms with E-state index in [-0.39, 0.29) is 5.56 Å². The maximum absolute atomic E-state index is 12.2. The van der Waals surface area contributed by atoms with Crippen LogP contribution in [0.15, 0.2) is 105 Å². The number of nitrogens with zero attached hydrogens (tertiary/aromatic N) is 11. The highest BCUT2D eigenvalue weighted by atomic mass is 79.9. The number of aldehydes is 2. The summed E-state index contributed by atoms with van der Waals surface area (Å²) in [5.74, 6) is 2.51. The topological polar surface area (TPSA) is 268 Å². The van der Waals surface area contributed by atoms with Gasteiger partial charge in [-0.1, -0.05) is 0 Å². The fourth-order valence-electron chi connectivity index (χ4n) is 8.49. The lowest BCUT2D eigenvalue weighted by Gasteiger charge is -2.24. The van der Waals surface area contributed by atoms with E-state index in [1.807, 2.05) is 63.3 Å². The fraction of sp³-hybridized carbons (Fsp3) is 0.381. The number of hydrogen-bond acceptors (Lipinski definition) is 22. The minimum Gasteiger partial charge on any atom is -0.481 e. The van der Waals surface area contributed by atoms with E-state index in [0.29, 0.717) is 48.5 Å². The second-order valence-electron chi connectivity index (χ2n) is 20.4. The maximum Gasteiger partial charge on any atom is 0.534 e. The molecule has 91 heavy (non-hydrogen) atoms. The van der Waals surface area contributed by atoms with Gasteiger partial charge in [-0.3, -0.25) is 19.6 Å². The Kier molecular flexibility index (Phi) is 30.9. The number of nitrogens with one attached hydrogen (secondary N) is 1. The van der Waals surface area contributed by atoms with Crippen molar-refractivity contribution in [3.63, 3.8) is 0 Å². The minimum atomic E-state index is -5.66. The molecule has 0 amide bonds. The highest BCUT2D eigenvalue weighted by Gasteiger charge is 2.49. The van der Waals surface area contributed by atoms with Crippen LogP contribution in [0.2, 0.25) is 0 Å². The highest BCUT2D eigenvalue weighted by Crippen LogP contribution is 2.28. The van der Waals surface area contributed by atoms with E-state index in [1.54, 1.807) is 98.9 Å². The Morgan fingerprint density at radius 2 is 0.945 bits per heavy atom. The number of fused-ring (bicyclic) bond motifs is 3. The normalized spacial score (nSPS) is 13.4. The van der Waals surface area contributed by atoms with Gasteiger partial charge in [-0.2, -0.15) is 21.6 Å². The van der Waals surface area contributed by atoms with E-state index in [4.69, 9.17) is 23.7 Å². The van der Waals surface area contributed by atoms with Gasteiger partial charge in [-0.05, 0) is 133 Å². The van der Waals surface area contributed by atoms with Crippen LogP contribution in [0.25, 0.3) is 0 Å². The Morgan fingerprint density at radius 1 is 0.549 bits per heavy atom. The van der Waals surface area contributed by atoms with Crippen molar-refractivity contribution in [1.29, 1.82) is 0 Å². The van der Waals surface area contributed by atoms with Gasteiger partial charge in [0.05, 0.1) is 35.5 Å². The van der Waals surface area contributed by atoms with Gasteiger partial charge < -0.3 is 52.3 Å². The van der Waals surface area contributed by atoms with Crippen molar-refractivity contribution in [1.82, 2.24) is 49.6 Å². The molecule has 1 N–H and O–H groups in total. The van der Waals surface area contributed by atoms with E-state index in [9.17, 15) is 36.0 Å². The number of aromatic amines is 1. The second-order valence-corrected chi connectivity index (χ2v) is 22.8. The summed E-state index contributed by atoms with van der Waals surface area (Å²) in [5.41, 5.74) is 7.81. The molecule has 0 bridgehead atoms. The molecule has 0 atom stereocenters. The number of H-pyrrole nitrogens is 1. The number of alkyl halides is 3. The average molecular weight is 1350 g/mol. The molecular formula is C63H78BrF3N12O11S. The van der Waals surface area contributed by atoms with Crippen molar-refractivity contribution in [3.05, 3.63) is 173 Å². The number of halogens is 4. The first-order valence-electron chi connectivity index (χ1n) is 28.0. The van der Waals surface area contributed by atoms with Crippen LogP contribution >= 0.6 is 15.9 Å². The zero-order chi connectivity index (χ0) is 67.3. The first-order chi connectivity index (χ1) is 43.3. The van der Waals surface area contributed by atoms with Gasteiger partial charge in [-0.15, -0.1) is 0 Å². The van der Waals surface area contributed by atoms with Crippen LogP contribution in [-0.2, 0) is 60.2 Å². The molecule has 0 fully saturated rings. The Hall–Kier alpha value is -8.57. The SMILES string of the molecule is CN1CCc2cc(=O)[nH]cc2C1.CN1CCc2cc(OS(=O)(=O)C(F)(F)F)ncc2C1.CN=Cc1cnc(OC)cc1C.CN=Cc1cnc(OC)cc1CC=O.COc1cc(C)c(Br)cn1.COc1cc(C)c(C=O)cn1.COc1cc2c(cn1)CN(C)CC2. The second kappa shape index (κ2) is 37.6. The number of carbonyl (C=O) groups excluding carboxylic acids is 2. The Bertz CT molecular complexity index is 3730. The van der Waals surface area contributed by atoms with Crippen LogP contribution in [0.4, 0.5) is 13.2 Å². The van der Waals surface area contributed by atoms with E-state index < -0.39 is 21.5 Å². The molecule has 10 rings (SSSR count). The molecule has 0 unspecified atom stereocenters. The average Bonchev–Trinajstić information content (AvgIpc) is 2.06. The molecular weight excluding hydrogens is 1270 g/mol. The third-order valence-corrected chi connectivity index (χ3v) is 15.4. The molecule has 0 aromatic carbocycles. The van der Waals surface area contributed by atoms with Gasteiger partial charge in [0.2, 0.25) is 40.8 Å². The molecule has 7 aromatic heterocycles. The third-order valence-electron chi connectivity index (χ3n) is 13.6. The lowest BCUT2D eigenvalue weighted by molar-refractivity contribution is -0.107. The molecule has 28 heteroatoms. The lowest BCUT2D eigenvalue weighted by Crippen LogP contribution is -2.29. The molecule has 0 saturated carbocycles. The number of aryl methyl sites for hydroxylation is 3. The predicted octanol–water partition coefficient (Wildman–Crippen LogP) is 8.44. The quantitative estimate of drug-likeness (QED) is 0.0520. The summed E-state index contributed by atoms with van der Waals surface area (Å²) in [6.45, 7) is 11.3. The number of likely N-dealkylation sites (N-methyl/N-ethyl adjacent to an activating group) is 3. The van der Waals surface area contributed by atoms with Crippen molar-refractivity contribution < 1.29 is 59.0 Å². The van der Waals surface area contributed by atoms with Crippen LogP contribution in [0.1, 0.15) is 77.1 Å². The summed E-state index contributed by atoms with van der Waals surface area (Å²) < 4.78 is 88.0. The number of rotatable bonds is 12. The first kappa shape index (κ1) is 74.9. The van der Waals surface area contributed by atoms with Crippen molar-refractivity contribution in [2.24, 2.45) is 9.98 Å². The largest absolute Gasteiger partial charge is 0.534 e. The Balaban J connectivity index is 0.000000229. The monoisotopic (exact) mass is 1350 g/mol. The van der Waals surface area contributed by atoms with Crippen LogP contribution in [0.5, 0.6) is 35.3 Å². The molecule has 0 saturated heterocycles. The number of methoxy groups -OCH3 is 5. The van der Waals surface area contributed by atoms with Crippen molar-refractivity contribution in [3.8, 4) is 35.3 Å². The number of aliphatic imine (C=N–C) groups is 2. The molecule has 0 aliphatic carbocycles. The molecule has 3 aliphatic heterocycles. The summed E-state index contributed by atoms with van der Waals surface area (Å²) in [7, 11) is 11.8. The van der Waals surface area contributed by atoms with E-state index >= 15 is 0 Å². The third kappa shape index (κ3) is 24.6. The van der Waals surface area contributed by atoms with Crippen LogP contribution in [-0.4, -0.2) is 179 Å². The molecule has 3 aliphatic rings. The summed E-state index contributed by atoms with van der Waals surface area (Å²) in [4.78, 5) is 72.5. The lowest BCUT2D eigenvalue weighted by atomic mass is 10.0. The van der Waals surface area contributed by atoms with E-state index in [2.05, 4.69) is 88.9 Å². The number of carbonyl (C=O) groups is 2. The Labute approximate surface area is 537 Å². The van der Waals surface area contributed by atoms with E-state index in [1.165, 1.54) is 40.7 Å². The summed E-state index contributed by atoms with van der Waals surface area (Å²) in [5, 5.41) is 0. The van der Waals surface area contributed by atoms with Gasteiger partial charge in [0, 0.05) is 179 Å². The van der Waals surface area contributed by atoms with Gasteiger partial charge in [0.25, 0.3) is 0 Å². The standard InChI is InChI=1S/C10H11F3N2O3S.C10H12N2O2.C10H14N2O.2C9H12N2O.C8H9NO2.C7H8BrNO/c1-15-3-2-7-4-9(14-5-8(7)6-15)18-19(16,17)10(11,12)13;1-11-6-9-7-12-10(14-2)5-8(9)3-4-13;1-12-4-3-8-5-10(13-2)11-6-9(8)7-12;1-11-3-2-7-4-9(12)10-5-8(7)6-11;1-7-4-9(12-3)11-6-8(7)5-10-2;1-6-3-8(11-2)9-4-7(6)5-10;1-5-3-7(10-2)9-4-6(5)8/h4-5H,2-3,6H2,1H3;4-7H,3H2,1-2H3;5-6H,3-4,7H2,1-2H3;4-5H,2-3,6H2,1H3,(H,10,12);4-6H,1-3H3;3-5H,1-2H3;3-4H,1-2H3. The zero-order valence-electron chi connectivity index (χ0n) is 53.3. The first-order valence-corrected chi connectivity index (χ1v) is 30.2. The minimum absolute atomic E-state index is 0.0123. The molecule has 10 heterocycles. The molecule has 0 radical (unpaired) electrons. The van der Waals surface area contributed by atoms with Crippen LogP contribution in [0.3, 0.4) is 0 Å². The summed E-state index contributed by atoms with van der Waals surface area (Å²) in [6, 6.07) is 12.2. The molecule has 7 aromatic rings. The zero-order valence-corrected chi connectivity index (χ0v) is 55.7. The van der Waals surface area contributed by atoms with Crippen molar-refractivity contribution in [2.45, 2.75) is 71.6 Å². The highest BCUT2D eigenvalue weighted by molar-refractivity contribution is 9.10. The van der Waals surface area contributed by atoms with E-state index in [0.717, 1.165) is 113 Å². The predicted molar refractivity (Wildman–Crippen MR) is 345 cm³/mol. The smallest absolute Gasteiger partial charge is 0.481 e. The van der Waals surface area contributed by atoms with Gasteiger partial charge in [0.15, 0.2) is 6.29 Å². The van der Waals surface area contributed by atoms with Gasteiger partial charge in [0.1, 0.15) is 6.29 Å². The van der Waals surface area contributed by atoms with Crippen LogP contribution in [0, 0.1) is 20.8 Å². The maximum atomic E-state index is 12.2. The fourth-order valence-corrected chi connectivity index (χ4v) is 9.12. The Morgan fingerprint density at radius 3 is 1.40 bits per heavy atom. The van der Waals surface area contributed by atoms with Crippen molar-refractivity contribution in [2.75, 3.05) is 90.4 Å². The van der Waals surface area contributed by atoms with Crippen molar-refractivity contribution >= 4 is 51.0 Å². The number of aromatic nitrogens is 7. The summed E-state index contributed by atoms with van der Waals surface area (Å²) >= 11 is 3.34.